The number of para-hydroxylation sites is 1. The molecule has 0 amide bonds. The van der Waals surface area contributed by atoms with Gasteiger partial charge in [-0.1, -0.05) is 30.0 Å². The van der Waals surface area contributed by atoms with Crippen molar-refractivity contribution in [3.8, 4) is 22.8 Å². The second-order valence-corrected chi connectivity index (χ2v) is 7.70. The van der Waals surface area contributed by atoms with Gasteiger partial charge in [0.05, 0.1) is 11.0 Å². The fraction of sp³-hybridized carbons (Fsp3) is 0.0870. The van der Waals surface area contributed by atoms with Crippen LogP contribution in [0.5, 0.6) is 0 Å². The lowest BCUT2D eigenvalue weighted by Gasteiger charge is -2.10. The number of thioether (sulfide) groups is 1. The van der Waals surface area contributed by atoms with Crippen molar-refractivity contribution >= 4 is 39.3 Å². The van der Waals surface area contributed by atoms with E-state index < -0.39 is 0 Å². The molecule has 0 unspecified atom stereocenters. The summed E-state index contributed by atoms with van der Waals surface area (Å²) >= 11 is 1.49. The van der Waals surface area contributed by atoms with E-state index in [4.69, 9.17) is 10.7 Å². The minimum atomic E-state index is 0.604. The van der Waals surface area contributed by atoms with Crippen molar-refractivity contribution in [3.63, 3.8) is 0 Å². The highest BCUT2D eigenvalue weighted by Gasteiger charge is 2.14. The Morgan fingerprint density at radius 1 is 0.800 bits per heavy atom. The maximum Gasteiger partial charge on any atom is 0.191 e. The Balaban J connectivity index is 1.71. The number of hydrogen-bond donors (Lipinski definition) is 1. The fourth-order valence-corrected chi connectivity index (χ4v) is 3.87. The van der Waals surface area contributed by atoms with Crippen LogP contribution in [0.2, 0.25) is 0 Å². The standard InChI is InChI=1S/C23H18N6S/c1-13-11-18(24)17-12-14(7-8-20(17)26-13)21-27-22(29-23(28-21)30-2)16-9-10-25-19-6-4-3-5-15(16)19/h3-12H,1-2H3,(H2,24,26). The summed E-state index contributed by atoms with van der Waals surface area (Å²) in [4.78, 5) is 23.1. The van der Waals surface area contributed by atoms with Crippen LogP contribution in [0.15, 0.2) is 66.0 Å². The van der Waals surface area contributed by atoms with Crippen LogP contribution in [0.25, 0.3) is 44.6 Å². The highest BCUT2D eigenvalue weighted by Crippen LogP contribution is 2.30. The summed E-state index contributed by atoms with van der Waals surface area (Å²) < 4.78 is 0. The van der Waals surface area contributed by atoms with Gasteiger partial charge < -0.3 is 5.73 Å². The van der Waals surface area contributed by atoms with Crippen molar-refractivity contribution in [2.45, 2.75) is 12.1 Å². The van der Waals surface area contributed by atoms with Crippen LogP contribution < -0.4 is 5.73 Å². The van der Waals surface area contributed by atoms with Crippen molar-refractivity contribution < 1.29 is 0 Å². The maximum atomic E-state index is 6.24. The molecule has 0 fully saturated rings. The van der Waals surface area contributed by atoms with E-state index in [-0.39, 0.29) is 0 Å². The summed E-state index contributed by atoms with van der Waals surface area (Å²) in [6, 6.07) is 17.7. The van der Waals surface area contributed by atoms with Crippen LogP contribution >= 0.6 is 11.8 Å². The molecule has 0 aliphatic heterocycles. The minimum absolute atomic E-state index is 0.604. The fourth-order valence-electron chi connectivity index (χ4n) is 3.52. The number of pyridine rings is 2. The highest BCUT2D eigenvalue weighted by atomic mass is 32.2. The summed E-state index contributed by atoms with van der Waals surface area (Å²) in [5.74, 6) is 1.23. The third kappa shape index (κ3) is 3.23. The SMILES string of the molecule is CSc1nc(-c2ccc3nc(C)cc(N)c3c2)nc(-c2ccnc3ccccc23)n1. The molecule has 30 heavy (non-hydrogen) atoms. The van der Waals surface area contributed by atoms with Crippen LogP contribution in [-0.4, -0.2) is 31.2 Å². The Bertz CT molecular complexity index is 1410. The van der Waals surface area contributed by atoms with Gasteiger partial charge in [0.25, 0.3) is 0 Å². The summed E-state index contributed by atoms with van der Waals surface area (Å²) in [6.45, 7) is 1.94. The predicted molar refractivity (Wildman–Crippen MR) is 122 cm³/mol. The number of aryl methyl sites for hydroxylation is 1. The van der Waals surface area contributed by atoms with Crippen LogP contribution in [-0.2, 0) is 0 Å². The molecule has 0 bridgehead atoms. The van der Waals surface area contributed by atoms with Crippen molar-refractivity contribution in [2.24, 2.45) is 0 Å². The normalized spacial score (nSPS) is 11.3. The Kier molecular flexibility index (Phi) is 4.52. The second-order valence-electron chi connectivity index (χ2n) is 6.93. The lowest BCUT2D eigenvalue weighted by Crippen LogP contribution is -2.00. The first-order chi connectivity index (χ1) is 14.6. The average Bonchev–Trinajstić information content (AvgIpc) is 2.78. The predicted octanol–water partition coefficient (Wildman–Crippen LogP) is 4.91. The number of rotatable bonds is 3. The van der Waals surface area contributed by atoms with E-state index in [9.17, 15) is 0 Å². The zero-order valence-corrected chi connectivity index (χ0v) is 17.3. The number of aromatic nitrogens is 5. The first-order valence-electron chi connectivity index (χ1n) is 9.44. The first kappa shape index (κ1) is 18.4. The smallest absolute Gasteiger partial charge is 0.191 e. The van der Waals surface area contributed by atoms with Gasteiger partial charge in [0.15, 0.2) is 16.8 Å². The van der Waals surface area contributed by atoms with Crippen LogP contribution in [0.1, 0.15) is 5.69 Å². The van der Waals surface area contributed by atoms with Crippen LogP contribution in [0.3, 0.4) is 0 Å². The van der Waals surface area contributed by atoms with E-state index in [1.807, 2.05) is 67.8 Å². The molecule has 0 saturated carbocycles. The number of nitrogens with two attached hydrogens (primary N) is 1. The van der Waals surface area contributed by atoms with Gasteiger partial charge >= 0.3 is 0 Å². The molecule has 0 atom stereocenters. The minimum Gasteiger partial charge on any atom is -0.398 e. The topological polar surface area (TPSA) is 90.5 Å². The van der Waals surface area contributed by atoms with Crippen molar-refractivity contribution in [1.29, 1.82) is 0 Å². The molecule has 2 N–H and O–H groups in total. The summed E-state index contributed by atoms with van der Waals surface area (Å²) in [5.41, 5.74) is 11.4. The number of benzene rings is 2. The molecule has 7 heteroatoms. The summed E-state index contributed by atoms with van der Waals surface area (Å²) in [6.07, 6.45) is 3.74. The van der Waals surface area contributed by atoms with E-state index in [2.05, 4.69) is 19.9 Å². The molecule has 0 spiro atoms. The second kappa shape index (κ2) is 7.35. The van der Waals surface area contributed by atoms with E-state index >= 15 is 0 Å². The van der Waals surface area contributed by atoms with Gasteiger partial charge in [-0.15, -0.1) is 0 Å². The van der Waals surface area contributed by atoms with Gasteiger partial charge in [0.1, 0.15) is 0 Å². The molecule has 146 valence electrons. The number of hydrogen-bond acceptors (Lipinski definition) is 7. The Morgan fingerprint density at radius 3 is 2.50 bits per heavy atom. The number of nitrogens with zero attached hydrogens (tertiary/aromatic N) is 5. The van der Waals surface area contributed by atoms with Crippen molar-refractivity contribution in [2.75, 3.05) is 12.0 Å². The van der Waals surface area contributed by atoms with E-state index in [1.54, 1.807) is 6.20 Å². The Hall–Kier alpha value is -3.58. The summed E-state index contributed by atoms with van der Waals surface area (Å²) in [5, 5.41) is 2.55. The average molecular weight is 411 g/mol. The zero-order valence-electron chi connectivity index (χ0n) is 16.5. The molecule has 0 radical (unpaired) electrons. The summed E-state index contributed by atoms with van der Waals surface area (Å²) in [7, 11) is 0. The van der Waals surface area contributed by atoms with Crippen LogP contribution in [0.4, 0.5) is 5.69 Å². The Morgan fingerprint density at radius 2 is 1.63 bits per heavy atom. The quantitative estimate of drug-likeness (QED) is 0.422. The van der Waals surface area contributed by atoms with Crippen molar-refractivity contribution in [1.82, 2.24) is 24.9 Å². The molecule has 0 aliphatic rings. The molecule has 2 aromatic carbocycles. The Labute approximate surface area is 177 Å². The number of anilines is 1. The van der Waals surface area contributed by atoms with Gasteiger partial charge in [0.2, 0.25) is 0 Å². The molecular weight excluding hydrogens is 392 g/mol. The van der Waals surface area contributed by atoms with E-state index in [1.165, 1.54) is 11.8 Å². The van der Waals surface area contributed by atoms with Gasteiger partial charge in [-0.3, -0.25) is 9.97 Å². The number of fused-ring (bicyclic) bond motifs is 2. The van der Waals surface area contributed by atoms with E-state index in [0.717, 1.165) is 38.6 Å². The molecular formula is C23H18N6S. The first-order valence-corrected chi connectivity index (χ1v) is 10.7. The van der Waals surface area contributed by atoms with Crippen molar-refractivity contribution in [3.05, 3.63) is 66.5 Å². The maximum absolute atomic E-state index is 6.24. The zero-order chi connectivity index (χ0) is 20.7. The van der Waals surface area contributed by atoms with Gasteiger partial charge in [-0.25, -0.2) is 15.0 Å². The third-order valence-electron chi connectivity index (χ3n) is 4.91. The number of nitrogen functional groups attached to an aromatic ring is 1. The molecule has 5 rings (SSSR count). The van der Waals surface area contributed by atoms with E-state index in [0.29, 0.717) is 22.5 Å². The molecule has 5 aromatic rings. The van der Waals surface area contributed by atoms with Gasteiger partial charge in [0, 0.05) is 39.5 Å². The monoisotopic (exact) mass is 410 g/mol. The molecule has 3 heterocycles. The molecule has 6 nitrogen and oxygen atoms in total. The lowest BCUT2D eigenvalue weighted by molar-refractivity contribution is 0.924. The molecule has 0 aliphatic carbocycles. The molecule has 0 saturated heterocycles. The molecule has 3 aromatic heterocycles. The third-order valence-corrected chi connectivity index (χ3v) is 5.46. The van der Waals surface area contributed by atoms with Gasteiger partial charge in [-0.05, 0) is 49.6 Å². The van der Waals surface area contributed by atoms with Crippen LogP contribution in [0, 0.1) is 6.92 Å². The highest BCUT2D eigenvalue weighted by molar-refractivity contribution is 7.98. The largest absolute Gasteiger partial charge is 0.398 e. The van der Waals surface area contributed by atoms with Gasteiger partial charge in [-0.2, -0.15) is 0 Å². The lowest BCUT2D eigenvalue weighted by atomic mass is 10.1.